The van der Waals surface area contributed by atoms with Gasteiger partial charge in [0, 0.05) is 23.5 Å². The molecule has 4 rings (SSSR count). The molecule has 1 saturated heterocycles. The third-order valence-corrected chi connectivity index (χ3v) is 7.77. The first-order valence-electron chi connectivity index (χ1n) is 13.8. The maximum Gasteiger partial charge on any atom is 0.344 e. The average Bonchev–Trinajstić information content (AvgIpc) is 2.98. The van der Waals surface area contributed by atoms with E-state index in [2.05, 4.69) is 65.5 Å². The molecule has 1 heterocycles. The van der Waals surface area contributed by atoms with E-state index in [1.165, 1.54) is 11.8 Å². The average molecular weight is 572 g/mol. The molecule has 0 spiro atoms. The van der Waals surface area contributed by atoms with Crippen molar-refractivity contribution in [2.45, 2.75) is 43.8 Å². The van der Waals surface area contributed by atoms with Crippen LogP contribution in [0.1, 0.15) is 42.0 Å². The van der Waals surface area contributed by atoms with Crippen LogP contribution in [-0.2, 0) is 4.79 Å². The van der Waals surface area contributed by atoms with Crippen LogP contribution in [0.4, 0.5) is 0 Å². The van der Waals surface area contributed by atoms with E-state index in [0.29, 0.717) is 24.7 Å². The van der Waals surface area contributed by atoms with Gasteiger partial charge >= 0.3 is 5.97 Å². The quantitative estimate of drug-likeness (QED) is 0.232. The minimum absolute atomic E-state index is 0.171. The molecule has 0 bridgehead atoms. The number of carbonyl (C=O) groups is 1. The number of aliphatic hydroxyl groups excluding tert-OH is 1. The van der Waals surface area contributed by atoms with E-state index in [0.717, 1.165) is 53.8 Å². The number of aliphatic carboxylic acids is 1. The smallest absolute Gasteiger partial charge is 0.344 e. The second-order valence-electron chi connectivity index (χ2n) is 10.1. The number of rotatable bonds is 10. The van der Waals surface area contributed by atoms with Crippen LogP contribution < -0.4 is 9.47 Å². The maximum atomic E-state index is 11.1. The van der Waals surface area contributed by atoms with Gasteiger partial charge in [-0.05, 0) is 104 Å². The van der Waals surface area contributed by atoms with E-state index >= 15 is 0 Å². The summed E-state index contributed by atoms with van der Waals surface area (Å²) < 4.78 is 11.6. The molecule has 0 radical (unpaired) electrons. The Morgan fingerprint density at radius 2 is 1.73 bits per heavy atom. The van der Waals surface area contributed by atoms with Crippen molar-refractivity contribution in [3.05, 3.63) is 95.1 Å². The molecule has 0 amide bonds. The zero-order valence-electron chi connectivity index (χ0n) is 23.8. The Balaban J connectivity index is 1.47. The van der Waals surface area contributed by atoms with Crippen molar-refractivity contribution in [1.29, 1.82) is 0 Å². The van der Waals surface area contributed by atoms with Gasteiger partial charge in [0.1, 0.15) is 18.1 Å². The van der Waals surface area contributed by atoms with Gasteiger partial charge in [0.2, 0.25) is 0 Å². The number of aliphatic hydroxyl groups is 1. The molecule has 1 atom stereocenters. The van der Waals surface area contributed by atoms with Crippen LogP contribution in [0.3, 0.4) is 0 Å². The molecule has 0 aliphatic carbocycles. The van der Waals surface area contributed by atoms with Gasteiger partial charge in [0.25, 0.3) is 0 Å². The Morgan fingerprint density at radius 1 is 1.07 bits per heavy atom. The highest BCUT2D eigenvalue weighted by molar-refractivity contribution is 7.98. The lowest BCUT2D eigenvalue weighted by molar-refractivity contribution is -0.144. The minimum Gasteiger partial charge on any atom is -0.489 e. The Bertz CT molecular complexity index is 1400. The molecule has 7 heteroatoms. The number of hydrogen-bond donors (Lipinski definition) is 2. The predicted molar refractivity (Wildman–Crippen MR) is 165 cm³/mol. The van der Waals surface area contributed by atoms with Crippen molar-refractivity contribution >= 4 is 23.3 Å². The summed E-state index contributed by atoms with van der Waals surface area (Å²) in [6.07, 6.45) is 4.68. The molecule has 3 aromatic rings. The fraction of sp³-hybridized carbons (Fsp3) is 0.324. The number of aryl methyl sites for hydroxylation is 1. The van der Waals surface area contributed by atoms with Crippen LogP contribution in [0.15, 0.2) is 77.7 Å². The molecule has 2 N–H and O–H groups in total. The summed E-state index contributed by atoms with van der Waals surface area (Å²) in [6.45, 7) is 6.22. The molecule has 41 heavy (non-hydrogen) atoms. The second kappa shape index (κ2) is 14.8. The number of carboxylic acids is 1. The molecule has 1 unspecified atom stereocenters. The van der Waals surface area contributed by atoms with E-state index in [4.69, 9.17) is 14.6 Å². The van der Waals surface area contributed by atoms with Gasteiger partial charge in [-0.25, -0.2) is 4.79 Å². The first-order valence-corrected chi connectivity index (χ1v) is 15.0. The van der Waals surface area contributed by atoms with Gasteiger partial charge in [-0.3, -0.25) is 4.90 Å². The molecule has 1 aliphatic rings. The normalized spacial score (nSPS) is 15.1. The third kappa shape index (κ3) is 8.89. The lowest BCUT2D eigenvalue weighted by Crippen LogP contribution is -2.35. The summed E-state index contributed by atoms with van der Waals surface area (Å²) >= 11 is 1.71. The topological polar surface area (TPSA) is 79.2 Å². The van der Waals surface area contributed by atoms with E-state index < -0.39 is 12.1 Å². The summed E-state index contributed by atoms with van der Waals surface area (Å²) in [6, 6.07) is 22.2. The highest BCUT2D eigenvalue weighted by Crippen LogP contribution is 2.28. The summed E-state index contributed by atoms with van der Waals surface area (Å²) in [5.41, 5.74) is 5.01. The van der Waals surface area contributed by atoms with Gasteiger partial charge in [-0.2, -0.15) is 0 Å². The summed E-state index contributed by atoms with van der Waals surface area (Å²) in [4.78, 5) is 14.6. The number of ether oxygens (including phenoxy) is 2. The van der Waals surface area contributed by atoms with E-state index in [1.807, 2.05) is 25.1 Å². The molecule has 0 saturated carbocycles. The number of piperidine rings is 1. The maximum absolute atomic E-state index is 11.1. The summed E-state index contributed by atoms with van der Waals surface area (Å²) in [5, 5.41) is 18.8. The fourth-order valence-corrected chi connectivity index (χ4v) is 4.95. The zero-order chi connectivity index (χ0) is 29.2. The second-order valence-corrected chi connectivity index (χ2v) is 10.9. The number of hydrogen-bond acceptors (Lipinski definition) is 6. The molecule has 0 aromatic heterocycles. The Hall–Kier alpha value is -3.70. The Morgan fingerprint density at radius 3 is 2.34 bits per heavy atom. The van der Waals surface area contributed by atoms with Gasteiger partial charge in [-0.15, -0.1) is 11.8 Å². The van der Waals surface area contributed by atoms with E-state index in [1.54, 1.807) is 23.9 Å². The standard InChI is InChI=1S/C34H37NO5S/c1-24-23-30(12-15-33(24)40-25(2)34(37)38)39-22-18-32(28-10-13-31(41-3)14-11-28)27-8-6-26(7-9-27)5-4-19-35-20-16-29(36)17-21-35/h6-15,18,23,25,29,36H,16-17,19-22H2,1-3H3,(H,37,38). The van der Waals surface area contributed by atoms with Gasteiger partial charge in [0.15, 0.2) is 6.10 Å². The molecule has 3 aromatic carbocycles. The zero-order valence-corrected chi connectivity index (χ0v) is 24.6. The molecule has 6 nitrogen and oxygen atoms in total. The molecule has 1 fully saturated rings. The lowest BCUT2D eigenvalue weighted by Gasteiger charge is -2.27. The van der Waals surface area contributed by atoms with Gasteiger partial charge in [-0.1, -0.05) is 36.1 Å². The predicted octanol–water partition coefficient (Wildman–Crippen LogP) is 5.89. The monoisotopic (exact) mass is 571 g/mol. The summed E-state index contributed by atoms with van der Waals surface area (Å²) in [7, 11) is 0. The number of benzene rings is 3. The number of thioether (sulfide) groups is 1. The minimum atomic E-state index is -1.01. The van der Waals surface area contributed by atoms with Crippen LogP contribution in [0.2, 0.25) is 0 Å². The van der Waals surface area contributed by atoms with Crippen molar-refractivity contribution in [3.8, 4) is 23.3 Å². The highest BCUT2D eigenvalue weighted by atomic mass is 32.2. The largest absolute Gasteiger partial charge is 0.489 e. The molecule has 1 aliphatic heterocycles. The van der Waals surface area contributed by atoms with E-state index in [-0.39, 0.29) is 6.10 Å². The van der Waals surface area contributed by atoms with Crippen molar-refractivity contribution in [3.63, 3.8) is 0 Å². The number of likely N-dealkylation sites (tertiary alicyclic amines) is 1. The van der Waals surface area contributed by atoms with Gasteiger partial charge in [0.05, 0.1) is 12.6 Å². The highest BCUT2D eigenvalue weighted by Gasteiger charge is 2.16. The van der Waals surface area contributed by atoms with Crippen molar-refractivity contribution in [2.24, 2.45) is 0 Å². The Labute approximate surface area is 247 Å². The van der Waals surface area contributed by atoms with Crippen molar-refractivity contribution in [2.75, 3.05) is 32.5 Å². The number of nitrogens with zero attached hydrogens (tertiary/aromatic N) is 1. The first kappa shape index (κ1) is 30.3. The van der Waals surface area contributed by atoms with Crippen molar-refractivity contribution in [1.82, 2.24) is 4.90 Å². The van der Waals surface area contributed by atoms with Crippen LogP contribution in [-0.4, -0.2) is 65.8 Å². The van der Waals surface area contributed by atoms with Crippen LogP contribution in [0.5, 0.6) is 11.5 Å². The molecular formula is C34H37NO5S. The van der Waals surface area contributed by atoms with Crippen LogP contribution in [0, 0.1) is 18.8 Å². The van der Waals surface area contributed by atoms with Crippen molar-refractivity contribution < 1.29 is 24.5 Å². The fourth-order valence-electron chi connectivity index (χ4n) is 4.54. The Kier molecular flexibility index (Phi) is 10.9. The van der Waals surface area contributed by atoms with Crippen LogP contribution >= 0.6 is 11.8 Å². The molecular weight excluding hydrogens is 534 g/mol. The first-order chi connectivity index (χ1) is 19.8. The SMILES string of the molecule is CSc1ccc(C(=CCOc2ccc(OC(C)C(=O)O)c(C)c2)c2ccc(C#CCN3CCC(O)CC3)cc2)cc1. The lowest BCUT2D eigenvalue weighted by atomic mass is 9.97. The van der Waals surface area contributed by atoms with Gasteiger partial charge < -0.3 is 19.7 Å². The number of carboxylic acid groups (broad SMARTS) is 1. The van der Waals surface area contributed by atoms with Crippen LogP contribution in [0.25, 0.3) is 5.57 Å². The third-order valence-electron chi connectivity index (χ3n) is 7.02. The summed E-state index contributed by atoms with van der Waals surface area (Å²) in [5.74, 6) is 6.74. The molecule has 214 valence electrons. The van der Waals surface area contributed by atoms with E-state index in [9.17, 15) is 9.90 Å².